The second kappa shape index (κ2) is 7.44. The van der Waals surface area contributed by atoms with Gasteiger partial charge in [0.1, 0.15) is 5.76 Å². The van der Waals surface area contributed by atoms with Gasteiger partial charge in [0.15, 0.2) is 21.3 Å². The zero-order chi connectivity index (χ0) is 19.7. The minimum Gasteiger partial charge on any atom is -0.467 e. The number of hydrogen-bond acceptors (Lipinski definition) is 6. The molecule has 2 aromatic heterocycles. The van der Waals surface area contributed by atoms with Crippen molar-refractivity contribution >= 4 is 27.3 Å². The Bertz CT molecular complexity index is 1070. The van der Waals surface area contributed by atoms with Gasteiger partial charge in [-0.25, -0.2) is 8.42 Å². The van der Waals surface area contributed by atoms with Crippen molar-refractivity contribution in [2.75, 3.05) is 11.5 Å². The van der Waals surface area contributed by atoms with Gasteiger partial charge in [-0.3, -0.25) is 4.79 Å². The van der Waals surface area contributed by atoms with Crippen LogP contribution in [0.3, 0.4) is 0 Å². The Morgan fingerprint density at radius 3 is 2.68 bits per heavy atom. The maximum absolute atomic E-state index is 13.1. The summed E-state index contributed by atoms with van der Waals surface area (Å²) in [5.41, 5.74) is 0.845. The summed E-state index contributed by atoms with van der Waals surface area (Å²) >= 11 is 5.89. The number of carbonyl (C=O) groups excluding carboxylic acids is 1. The molecule has 1 fully saturated rings. The molecule has 7 nitrogen and oxygen atoms in total. The van der Waals surface area contributed by atoms with E-state index >= 15 is 0 Å². The van der Waals surface area contributed by atoms with Gasteiger partial charge in [0, 0.05) is 22.7 Å². The van der Waals surface area contributed by atoms with Crippen LogP contribution in [0.1, 0.15) is 22.7 Å². The van der Waals surface area contributed by atoms with E-state index in [9.17, 15) is 13.2 Å². The molecule has 1 aliphatic heterocycles. The van der Waals surface area contributed by atoms with Crippen LogP contribution in [0.5, 0.6) is 0 Å². The Kier molecular flexibility index (Phi) is 4.99. The molecule has 1 saturated heterocycles. The monoisotopic (exact) mass is 420 g/mol. The van der Waals surface area contributed by atoms with Crippen LogP contribution >= 0.6 is 11.6 Å². The highest BCUT2D eigenvalue weighted by molar-refractivity contribution is 7.91. The number of amides is 1. The summed E-state index contributed by atoms with van der Waals surface area (Å²) in [6.07, 6.45) is 1.90. The highest BCUT2D eigenvalue weighted by Gasteiger charge is 2.36. The Morgan fingerprint density at radius 2 is 2.04 bits per heavy atom. The molecule has 28 heavy (non-hydrogen) atoms. The molecule has 3 heterocycles. The summed E-state index contributed by atoms with van der Waals surface area (Å²) < 4.78 is 34.5. The Balaban J connectivity index is 1.61. The molecule has 1 aromatic carbocycles. The highest BCUT2D eigenvalue weighted by atomic mass is 35.5. The van der Waals surface area contributed by atoms with Crippen molar-refractivity contribution in [3.8, 4) is 11.3 Å². The molecule has 146 valence electrons. The van der Waals surface area contributed by atoms with Gasteiger partial charge in [-0.2, -0.15) is 0 Å². The third-order valence-corrected chi connectivity index (χ3v) is 6.68. The molecular weight excluding hydrogens is 404 g/mol. The minimum absolute atomic E-state index is 0.0639. The number of nitrogens with zero attached hydrogens (tertiary/aromatic N) is 2. The lowest BCUT2D eigenvalue weighted by atomic mass is 10.1. The normalized spacial score (nSPS) is 18.2. The van der Waals surface area contributed by atoms with Crippen LogP contribution in [-0.4, -0.2) is 41.9 Å². The topological polar surface area (TPSA) is 93.6 Å². The zero-order valence-corrected chi connectivity index (χ0v) is 16.3. The van der Waals surface area contributed by atoms with Gasteiger partial charge < -0.3 is 13.8 Å². The van der Waals surface area contributed by atoms with Crippen LogP contribution in [0, 0.1) is 0 Å². The van der Waals surface area contributed by atoms with Crippen LogP contribution in [0.15, 0.2) is 57.7 Å². The van der Waals surface area contributed by atoms with E-state index in [2.05, 4.69) is 5.16 Å². The first-order valence-corrected chi connectivity index (χ1v) is 10.9. The molecule has 0 radical (unpaired) electrons. The third-order valence-electron chi connectivity index (χ3n) is 4.67. The largest absolute Gasteiger partial charge is 0.467 e. The van der Waals surface area contributed by atoms with E-state index in [1.165, 1.54) is 11.2 Å². The average molecular weight is 421 g/mol. The highest BCUT2D eigenvalue weighted by Crippen LogP contribution is 2.26. The first-order valence-electron chi connectivity index (χ1n) is 8.68. The lowest BCUT2D eigenvalue weighted by Gasteiger charge is -2.26. The van der Waals surface area contributed by atoms with E-state index in [0.717, 1.165) is 5.56 Å². The molecule has 1 amide bonds. The van der Waals surface area contributed by atoms with E-state index in [1.807, 2.05) is 0 Å². The summed E-state index contributed by atoms with van der Waals surface area (Å²) in [7, 11) is -3.16. The standard InChI is InChI=1S/C19H17ClN2O5S/c20-14-5-3-13(4-6-14)18-10-17(21-27-18)19(23)22(11-16-2-1-8-26-16)15-7-9-28(24,25)12-15/h1-6,8,10,15H,7,9,11-12H2. The van der Waals surface area contributed by atoms with E-state index in [1.54, 1.807) is 42.5 Å². The molecule has 1 aliphatic rings. The lowest BCUT2D eigenvalue weighted by Crippen LogP contribution is -2.40. The molecule has 3 aromatic rings. The Hall–Kier alpha value is -2.58. The Morgan fingerprint density at radius 1 is 1.25 bits per heavy atom. The number of rotatable bonds is 5. The van der Waals surface area contributed by atoms with Gasteiger partial charge in [0.25, 0.3) is 5.91 Å². The number of benzene rings is 1. The zero-order valence-electron chi connectivity index (χ0n) is 14.7. The summed E-state index contributed by atoms with van der Waals surface area (Å²) in [4.78, 5) is 14.6. The number of carbonyl (C=O) groups is 1. The number of halogens is 1. The SMILES string of the molecule is O=C(c1cc(-c2ccc(Cl)cc2)on1)N(Cc1ccco1)C1CCS(=O)(=O)C1. The number of sulfone groups is 1. The average Bonchev–Trinajstić information content (AvgIpc) is 3.40. The van der Waals surface area contributed by atoms with Crippen molar-refractivity contribution in [1.29, 1.82) is 0 Å². The second-order valence-electron chi connectivity index (χ2n) is 6.65. The van der Waals surface area contributed by atoms with Crippen molar-refractivity contribution in [3.63, 3.8) is 0 Å². The van der Waals surface area contributed by atoms with Gasteiger partial charge in [0.2, 0.25) is 0 Å². The van der Waals surface area contributed by atoms with Crippen molar-refractivity contribution in [3.05, 3.63) is 65.2 Å². The molecule has 0 aliphatic carbocycles. The van der Waals surface area contributed by atoms with Crippen molar-refractivity contribution in [2.24, 2.45) is 0 Å². The van der Waals surface area contributed by atoms with Gasteiger partial charge in [0.05, 0.1) is 24.3 Å². The van der Waals surface area contributed by atoms with E-state index in [0.29, 0.717) is 23.0 Å². The summed E-state index contributed by atoms with van der Waals surface area (Å²) in [5, 5.41) is 4.48. The predicted molar refractivity (Wildman–Crippen MR) is 103 cm³/mol. The van der Waals surface area contributed by atoms with Crippen LogP contribution in [0.25, 0.3) is 11.3 Å². The minimum atomic E-state index is -3.16. The molecular formula is C19H17ClN2O5S. The smallest absolute Gasteiger partial charge is 0.276 e. The van der Waals surface area contributed by atoms with Crippen LogP contribution < -0.4 is 0 Å². The van der Waals surface area contributed by atoms with Gasteiger partial charge >= 0.3 is 0 Å². The van der Waals surface area contributed by atoms with Crippen molar-refractivity contribution < 1.29 is 22.2 Å². The van der Waals surface area contributed by atoms with E-state index < -0.39 is 21.8 Å². The summed E-state index contributed by atoms with van der Waals surface area (Å²) in [6.45, 7) is 0.162. The Labute approximate surface area is 166 Å². The summed E-state index contributed by atoms with van der Waals surface area (Å²) in [6, 6.07) is 11.5. The predicted octanol–water partition coefficient (Wildman–Crippen LogP) is 3.42. The van der Waals surface area contributed by atoms with Gasteiger partial charge in [-0.05, 0) is 42.8 Å². The van der Waals surface area contributed by atoms with E-state index in [4.69, 9.17) is 20.5 Å². The maximum Gasteiger partial charge on any atom is 0.276 e. The van der Waals surface area contributed by atoms with Crippen LogP contribution in [0.2, 0.25) is 5.02 Å². The van der Waals surface area contributed by atoms with Crippen LogP contribution in [-0.2, 0) is 16.4 Å². The van der Waals surface area contributed by atoms with Gasteiger partial charge in [-0.1, -0.05) is 16.8 Å². The maximum atomic E-state index is 13.1. The van der Waals surface area contributed by atoms with Crippen LogP contribution in [0.4, 0.5) is 0 Å². The molecule has 0 saturated carbocycles. The number of hydrogen-bond donors (Lipinski definition) is 0. The molecule has 0 bridgehead atoms. The lowest BCUT2D eigenvalue weighted by molar-refractivity contribution is 0.0655. The van der Waals surface area contributed by atoms with Crippen molar-refractivity contribution in [2.45, 2.75) is 19.0 Å². The molecule has 1 unspecified atom stereocenters. The molecule has 9 heteroatoms. The van der Waals surface area contributed by atoms with Crippen molar-refractivity contribution in [1.82, 2.24) is 10.1 Å². The number of aromatic nitrogens is 1. The molecule has 0 N–H and O–H groups in total. The second-order valence-corrected chi connectivity index (χ2v) is 9.32. The summed E-state index contributed by atoms with van der Waals surface area (Å²) in [5.74, 6) is 0.592. The number of furan rings is 1. The first-order chi connectivity index (χ1) is 13.4. The fourth-order valence-electron chi connectivity index (χ4n) is 3.23. The fraction of sp³-hybridized carbons (Fsp3) is 0.263. The van der Waals surface area contributed by atoms with Gasteiger partial charge in [-0.15, -0.1) is 0 Å². The fourth-order valence-corrected chi connectivity index (χ4v) is 5.09. The van der Waals surface area contributed by atoms with E-state index in [-0.39, 0.29) is 23.7 Å². The quantitative estimate of drug-likeness (QED) is 0.627. The molecule has 1 atom stereocenters. The first kappa shape index (κ1) is 18.8. The molecule has 0 spiro atoms. The third kappa shape index (κ3) is 3.98. The molecule has 4 rings (SSSR count).